The molecule has 1 amide bonds. The van der Waals surface area contributed by atoms with E-state index in [9.17, 15) is 14.4 Å². The molecule has 0 unspecified atom stereocenters. The van der Waals surface area contributed by atoms with Crippen molar-refractivity contribution in [2.75, 3.05) is 13.1 Å². The van der Waals surface area contributed by atoms with Crippen LogP contribution in [0.5, 0.6) is 0 Å². The third-order valence-electron chi connectivity index (χ3n) is 4.53. The standard InChI is InChI=1S/C15H21N5O3/c1-10-5-4-6-19(7-10)11(21)8-20-9-16-13-12(20)14(22)18(3)15(23)17(13)2/h9-10H,4-8H2,1-3H3/t10-/m1/s1. The summed E-state index contributed by atoms with van der Waals surface area (Å²) < 4.78 is 3.90. The van der Waals surface area contributed by atoms with Crippen LogP contribution in [-0.4, -0.2) is 42.6 Å². The number of rotatable bonds is 2. The van der Waals surface area contributed by atoms with Gasteiger partial charge >= 0.3 is 5.69 Å². The number of amides is 1. The molecule has 8 nitrogen and oxygen atoms in total. The molecule has 0 spiro atoms. The second kappa shape index (κ2) is 5.68. The molecule has 0 N–H and O–H groups in total. The SMILES string of the molecule is C[C@@H]1CCCN(C(=O)Cn2cnc3c2c(=O)n(C)c(=O)n3C)C1. The largest absolute Gasteiger partial charge is 0.341 e. The molecule has 2 aromatic heterocycles. The van der Waals surface area contributed by atoms with Gasteiger partial charge in [-0.2, -0.15) is 0 Å². The molecule has 2 aromatic rings. The van der Waals surface area contributed by atoms with Gasteiger partial charge in [0.05, 0.1) is 6.33 Å². The maximum Gasteiger partial charge on any atom is 0.332 e. The summed E-state index contributed by atoms with van der Waals surface area (Å²) in [6, 6.07) is 0. The highest BCUT2D eigenvalue weighted by Crippen LogP contribution is 2.16. The molecule has 1 atom stereocenters. The van der Waals surface area contributed by atoms with Crippen LogP contribution in [0.2, 0.25) is 0 Å². The van der Waals surface area contributed by atoms with Gasteiger partial charge in [0.25, 0.3) is 5.56 Å². The number of nitrogens with zero attached hydrogens (tertiary/aromatic N) is 5. The number of aromatic nitrogens is 4. The molecule has 0 aromatic carbocycles. The van der Waals surface area contributed by atoms with E-state index in [1.54, 1.807) is 11.6 Å². The molecule has 0 aliphatic carbocycles. The quantitative estimate of drug-likeness (QED) is 0.760. The molecule has 0 bridgehead atoms. The average molecular weight is 319 g/mol. The van der Waals surface area contributed by atoms with Crippen LogP contribution in [0.1, 0.15) is 19.8 Å². The van der Waals surface area contributed by atoms with Gasteiger partial charge in [0.1, 0.15) is 6.54 Å². The Labute approximate surface area is 132 Å². The lowest BCUT2D eigenvalue weighted by Crippen LogP contribution is -2.41. The normalized spacial score (nSPS) is 18.6. The van der Waals surface area contributed by atoms with Crippen molar-refractivity contribution in [3.8, 4) is 0 Å². The molecule has 23 heavy (non-hydrogen) atoms. The molecule has 0 saturated carbocycles. The lowest BCUT2D eigenvalue weighted by atomic mass is 10.0. The molecule has 1 fully saturated rings. The number of imidazole rings is 1. The van der Waals surface area contributed by atoms with E-state index < -0.39 is 11.2 Å². The fraction of sp³-hybridized carbons (Fsp3) is 0.600. The van der Waals surface area contributed by atoms with Gasteiger partial charge in [0, 0.05) is 27.2 Å². The van der Waals surface area contributed by atoms with Crippen LogP contribution in [0, 0.1) is 5.92 Å². The van der Waals surface area contributed by atoms with Crippen molar-refractivity contribution < 1.29 is 4.79 Å². The third-order valence-corrected chi connectivity index (χ3v) is 4.53. The highest BCUT2D eigenvalue weighted by Gasteiger charge is 2.22. The van der Waals surface area contributed by atoms with E-state index in [4.69, 9.17) is 0 Å². The first-order valence-electron chi connectivity index (χ1n) is 7.78. The lowest BCUT2D eigenvalue weighted by Gasteiger charge is -2.31. The molecule has 3 heterocycles. The Bertz CT molecular complexity index is 876. The number of aryl methyl sites for hydroxylation is 1. The first-order chi connectivity index (χ1) is 10.9. The predicted molar refractivity (Wildman–Crippen MR) is 85.2 cm³/mol. The number of hydrogen-bond acceptors (Lipinski definition) is 4. The lowest BCUT2D eigenvalue weighted by molar-refractivity contribution is -0.133. The second-order valence-electron chi connectivity index (χ2n) is 6.34. The van der Waals surface area contributed by atoms with Crippen molar-refractivity contribution in [2.45, 2.75) is 26.3 Å². The summed E-state index contributed by atoms with van der Waals surface area (Å²) >= 11 is 0. The van der Waals surface area contributed by atoms with E-state index in [0.717, 1.165) is 30.5 Å². The van der Waals surface area contributed by atoms with E-state index in [1.165, 1.54) is 17.9 Å². The summed E-state index contributed by atoms with van der Waals surface area (Å²) in [6.45, 7) is 3.71. The van der Waals surface area contributed by atoms with E-state index >= 15 is 0 Å². The molecule has 124 valence electrons. The molecule has 8 heteroatoms. The van der Waals surface area contributed by atoms with Crippen LogP contribution in [0.4, 0.5) is 0 Å². The number of likely N-dealkylation sites (tertiary alicyclic amines) is 1. The summed E-state index contributed by atoms with van der Waals surface area (Å²) in [6.07, 6.45) is 3.60. The van der Waals surface area contributed by atoms with Gasteiger partial charge in [-0.3, -0.25) is 18.7 Å². The van der Waals surface area contributed by atoms with Gasteiger partial charge in [-0.15, -0.1) is 0 Å². The molecular formula is C15H21N5O3. The van der Waals surface area contributed by atoms with Crippen molar-refractivity contribution in [3.63, 3.8) is 0 Å². The van der Waals surface area contributed by atoms with E-state index in [-0.39, 0.29) is 18.0 Å². The summed E-state index contributed by atoms with van der Waals surface area (Å²) in [5, 5.41) is 0. The fourth-order valence-electron chi connectivity index (χ4n) is 3.18. The third kappa shape index (κ3) is 2.58. The van der Waals surface area contributed by atoms with Crippen molar-refractivity contribution >= 4 is 17.1 Å². The van der Waals surface area contributed by atoms with Crippen molar-refractivity contribution in [1.82, 2.24) is 23.6 Å². The molecule has 1 aliphatic heterocycles. The summed E-state index contributed by atoms with van der Waals surface area (Å²) in [5.41, 5.74) is -0.268. The number of hydrogen-bond donors (Lipinski definition) is 0. The van der Waals surface area contributed by atoms with Crippen molar-refractivity contribution in [1.29, 1.82) is 0 Å². The van der Waals surface area contributed by atoms with Crippen LogP contribution < -0.4 is 11.2 Å². The smallest absolute Gasteiger partial charge is 0.332 e. The molecule has 3 rings (SSSR count). The Morgan fingerprint density at radius 2 is 2.04 bits per heavy atom. The van der Waals surface area contributed by atoms with E-state index in [2.05, 4.69) is 11.9 Å². The molecular weight excluding hydrogens is 298 g/mol. The van der Waals surface area contributed by atoms with Gasteiger partial charge in [-0.25, -0.2) is 9.78 Å². The average Bonchev–Trinajstić information content (AvgIpc) is 2.94. The zero-order valence-corrected chi connectivity index (χ0v) is 13.7. The molecule has 0 radical (unpaired) electrons. The van der Waals surface area contributed by atoms with Crippen molar-refractivity contribution in [3.05, 3.63) is 27.2 Å². The maximum absolute atomic E-state index is 12.5. The predicted octanol–water partition coefficient (Wildman–Crippen LogP) is -0.308. The fourth-order valence-corrected chi connectivity index (χ4v) is 3.18. The zero-order valence-electron chi connectivity index (χ0n) is 13.7. The molecule has 1 saturated heterocycles. The van der Waals surface area contributed by atoms with Crippen molar-refractivity contribution in [2.24, 2.45) is 20.0 Å². The first-order valence-corrected chi connectivity index (χ1v) is 7.78. The number of piperidine rings is 1. The Morgan fingerprint density at radius 1 is 1.30 bits per heavy atom. The summed E-state index contributed by atoms with van der Waals surface area (Å²) in [5.74, 6) is 0.479. The van der Waals surface area contributed by atoms with Gasteiger partial charge in [0.2, 0.25) is 5.91 Å². The maximum atomic E-state index is 12.5. The van der Waals surface area contributed by atoms with Gasteiger partial charge in [0.15, 0.2) is 11.2 Å². The number of carbonyl (C=O) groups excluding carboxylic acids is 1. The minimum absolute atomic E-state index is 0.0215. The number of carbonyl (C=O) groups is 1. The molecule has 1 aliphatic rings. The van der Waals surface area contributed by atoms with E-state index in [1.807, 2.05) is 4.90 Å². The van der Waals surface area contributed by atoms with Gasteiger partial charge < -0.3 is 9.47 Å². The van der Waals surface area contributed by atoms with Crippen LogP contribution in [0.25, 0.3) is 11.2 Å². The van der Waals surface area contributed by atoms with E-state index in [0.29, 0.717) is 11.6 Å². The Morgan fingerprint density at radius 3 is 2.74 bits per heavy atom. The monoisotopic (exact) mass is 319 g/mol. The Balaban J connectivity index is 1.97. The highest BCUT2D eigenvalue weighted by atomic mass is 16.2. The second-order valence-corrected chi connectivity index (χ2v) is 6.34. The van der Waals surface area contributed by atoms with Crippen LogP contribution in [0.15, 0.2) is 15.9 Å². The zero-order chi connectivity index (χ0) is 16.7. The minimum atomic E-state index is -0.430. The number of fused-ring (bicyclic) bond motifs is 1. The minimum Gasteiger partial charge on any atom is -0.341 e. The Kier molecular flexibility index (Phi) is 3.83. The highest BCUT2D eigenvalue weighted by molar-refractivity contribution is 5.79. The van der Waals surface area contributed by atoms with Crippen LogP contribution >= 0.6 is 0 Å². The first kappa shape index (κ1) is 15.5. The summed E-state index contributed by atoms with van der Waals surface area (Å²) in [7, 11) is 2.99. The Hall–Kier alpha value is -2.38. The van der Waals surface area contributed by atoms with Gasteiger partial charge in [-0.1, -0.05) is 6.92 Å². The van der Waals surface area contributed by atoms with Crippen LogP contribution in [-0.2, 0) is 25.4 Å². The topological polar surface area (TPSA) is 82.1 Å². The van der Waals surface area contributed by atoms with Gasteiger partial charge in [-0.05, 0) is 18.8 Å². The summed E-state index contributed by atoms with van der Waals surface area (Å²) in [4.78, 5) is 42.8. The van der Waals surface area contributed by atoms with Crippen LogP contribution in [0.3, 0.4) is 0 Å².